The fourth-order valence-electron chi connectivity index (χ4n) is 6.07. The molecule has 248 valence electrons. The van der Waals surface area contributed by atoms with E-state index in [1.165, 1.54) is 23.3 Å². The summed E-state index contributed by atoms with van der Waals surface area (Å²) in [6.07, 6.45) is 2.63. The Morgan fingerprint density at radius 2 is 1.68 bits per heavy atom. The van der Waals surface area contributed by atoms with Gasteiger partial charge in [0.1, 0.15) is 0 Å². The van der Waals surface area contributed by atoms with E-state index in [9.17, 15) is 14.7 Å². The number of unbranched alkanes of at least 4 members (excludes halogenated alkanes) is 2. The van der Waals surface area contributed by atoms with Crippen LogP contribution in [0, 0.1) is 0 Å². The first kappa shape index (κ1) is 34.3. The lowest BCUT2D eigenvalue weighted by molar-refractivity contribution is -0.253. The third-order valence-electron chi connectivity index (χ3n) is 8.92. The number of aliphatic hydroxyl groups excluding tert-OH is 1. The highest BCUT2D eigenvalue weighted by Gasteiger charge is 2.33. The fraction of sp³-hybridized carbons (Fsp3) is 0.385. The predicted octanol–water partition coefficient (Wildman–Crippen LogP) is 7.21. The van der Waals surface area contributed by atoms with Crippen LogP contribution in [0.25, 0.3) is 10.8 Å². The molecule has 0 spiro atoms. The van der Waals surface area contributed by atoms with E-state index < -0.39 is 6.29 Å². The molecule has 1 aliphatic heterocycles. The minimum atomic E-state index is -0.619. The summed E-state index contributed by atoms with van der Waals surface area (Å²) in [6.45, 7) is 5.06. The van der Waals surface area contributed by atoms with E-state index in [1.807, 2.05) is 48.5 Å². The third-order valence-corrected chi connectivity index (χ3v) is 8.92. The molecular weight excluding hydrogens is 590 g/mol. The van der Waals surface area contributed by atoms with Crippen LogP contribution in [-0.4, -0.2) is 48.1 Å². The van der Waals surface area contributed by atoms with Gasteiger partial charge in [0.25, 0.3) is 0 Å². The van der Waals surface area contributed by atoms with E-state index in [2.05, 4.69) is 72.0 Å². The fourth-order valence-corrected chi connectivity index (χ4v) is 6.07. The predicted molar refractivity (Wildman–Crippen MR) is 186 cm³/mol. The molecule has 0 aromatic heterocycles. The maximum atomic E-state index is 12.7. The first-order valence-corrected chi connectivity index (χ1v) is 16.6. The summed E-state index contributed by atoms with van der Waals surface area (Å²) in [5.41, 5.74) is 4.68. The second-order valence-corrected chi connectivity index (χ2v) is 12.5. The Kier molecular flexibility index (Phi) is 12.1. The Hall–Kier alpha value is -4.08. The average Bonchev–Trinajstić information content (AvgIpc) is 3.09. The quantitative estimate of drug-likeness (QED) is 0.126. The molecule has 0 bridgehead atoms. The van der Waals surface area contributed by atoms with Gasteiger partial charge in [-0.2, -0.15) is 0 Å². The van der Waals surface area contributed by atoms with Crippen molar-refractivity contribution < 1.29 is 24.2 Å². The van der Waals surface area contributed by atoms with Crippen LogP contribution in [0.3, 0.4) is 0 Å². The lowest BCUT2D eigenvalue weighted by Gasteiger charge is -2.39. The summed E-state index contributed by atoms with van der Waals surface area (Å²) in [5.74, 6) is -0.0791. The molecule has 8 nitrogen and oxygen atoms in total. The topological polar surface area (TPSA) is 100 Å². The van der Waals surface area contributed by atoms with Crippen molar-refractivity contribution in [2.24, 2.45) is 0 Å². The molecular formula is C39H47N3O5. The van der Waals surface area contributed by atoms with Crippen LogP contribution in [0.15, 0.2) is 91.0 Å². The maximum absolute atomic E-state index is 12.7. The molecule has 5 rings (SSSR count). The van der Waals surface area contributed by atoms with Crippen molar-refractivity contribution in [3.8, 4) is 0 Å². The van der Waals surface area contributed by atoms with Crippen molar-refractivity contribution in [2.45, 2.75) is 77.1 Å². The number of hydrogen-bond acceptors (Lipinski definition) is 6. The Labute approximate surface area is 278 Å². The maximum Gasteiger partial charge on any atom is 0.224 e. The van der Waals surface area contributed by atoms with E-state index in [0.29, 0.717) is 31.6 Å². The number of likely N-dealkylation sites (N-methyl/N-ethyl adjacent to an activating group) is 1. The van der Waals surface area contributed by atoms with Crippen molar-refractivity contribution in [3.05, 3.63) is 113 Å². The standard InChI is InChI=1S/C39H47N3O5/c1-27(32-20-19-30-10-6-7-11-33(30)22-32)42(3)25-36-24-37(31-17-15-29(26-43)16-18-31)47-39(46-36)34-12-9-13-35(23-34)41-38(45)14-5-4-8-21-40-28(2)44/h6-7,9-13,15-20,22-23,27,36-37,39,43H,4-5,8,14,21,24-26H2,1-3H3,(H,40,44)(H,41,45). The van der Waals surface area contributed by atoms with Crippen molar-refractivity contribution >= 4 is 28.3 Å². The molecule has 1 aliphatic rings. The van der Waals surface area contributed by atoms with Gasteiger partial charge in [-0.05, 0) is 72.5 Å². The van der Waals surface area contributed by atoms with Gasteiger partial charge in [0.2, 0.25) is 11.8 Å². The van der Waals surface area contributed by atoms with Crippen molar-refractivity contribution in [1.29, 1.82) is 0 Å². The Morgan fingerprint density at radius 3 is 2.45 bits per heavy atom. The number of carbonyl (C=O) groups excluding carboxylic acids is 2. The number of carbonyl (C=O) groups is 2. The molecule has 1 saturated heterocycles. The van der Waals surface area contributed by atoms with Gasteiger partial charge in [-0.1, -0.05) is 79.2 Å². The van der Waals surface area contributed by atoms with E-state index in [1.54, 1.807) is 0 Å². The first-order valence-electron chi connectivity index (χ1n) is 16.6. The zero-order valence-electron chi connectivity index (χ0n) is 27.7. The van der Waals surface area contributed by atoms with Crippen LogP contribution in [0.5, 0.6) is 0 Å². The van der Waals surface area contributed by atoms with Gasteiger partial charge in [0, 0.05) is 50.1 Å². The SMILES string of the molecule is CC(=O)NCCCCCC(=O)Nc1cccc(C2OC(CN(C)C(C)c3ccc4ccccc4c3)CC(c3ccc(CO)cc3)O2)c1. The van der Waals surface area contributed by atoms with Gasteiger partial charge in [-0.15, -0.1) is 0 Å². The van der Waals surface area contributed by atoms with Crippen LogP contribution in [0.4, 0.5) is 5.69 Å². The molecule has 4 aromatic carbocycles. The number of ether oxygens (including phenoxy) is 2. The minimum Gasteiger partial charge on any atom is -0.392 e. The van der Waals surface area contributed by atoms with Gasteiger partial charge >= 0.3 is 0 Å². The highest BCUT2D eigenvalue weighted by atomic mass is 16.7. The number of anilines is 1. The van der Waals surface area contributed by atoms with Crippen LogP contribution < -0.4 is 10.6 Å². The van der Waals surface area contributed by atoms with Gasteiger partial charge in [-0.3, -0.25) is 14.5 Å². The summed E-state index contributed by atoms with van der Waals surface area (Å²) < 4.78 is 13.2. The first-order chi connectivity index (χ1) is 22.8. The Morgan fingerprint density at radius 1 is 0.894 bits per heavy atom. The molecule has 1 fully saturated rings. The molecule has 4 atom stereocenters. The minimum absolute atomic E-state index is 0.00674. The molecule has 0 aliphatic carbocycles. The van der Waals surface area contributed by atoms with Crippen molar-refractivity contribution in [1.82, 2.24) is 10.2 Å². The number of nitrogens with one attached hydrogen (secondary N) is 2. The number of fused-ring (bicyclic) bond motifs is 1. The molecule has 47 heavy (non-hydrogen) atoms. The normalized spacial score (nSPS) is 18.6. The highest BCUT2D eigenvalue weighted by Crippen LogP contribution is 2.39. The summed E-state index contributed by atoms with van der Waals surface area (Å²) in [7, 11) is 2.13. The Balaban J connectivity index is 1.27. The summed E-state index contributed by atoms with van der Waals surface area (Å²) in [4.78, 5) is 26.0. The number of hydrogen-bond donors (Lipinski definition) is 3. The van der Waals surface area contributed by atoms with Crippen molar-refractivity contribution in [3.63, 3.8) is 0 Å². The molecule has 4 aromatic rings. The summed E-state index contributed by atoms with van der Waals surface area (Å²) in [5, 5.41) is 17.8. The number of amides is 2. The molecule has 8 heteroatoms. The number of rotatable bonds is 14. The monoisotopic (exact) mass is 637 g/mol. The van der Waals surface area contributed by atoms with Crippen molar-refractivity contribution in [2.75, 3.05) is 25.5 Å². The van der Waals surface area contributed by atoms with Gasteiger partial charge in [0.05, 0.1) is 18.8 Å². The molecule has 4 unspecified atom stereocenters. The van der Waals surface area contributed by atoms with Crippen LogP contribution in [0.2, 0.25) is 0 Å². The summed E-state index contributed by atoms with van der Waals surface area (Å²) >= 11 is 0. The number of nitrogens with zero attached hydrogens (tertiary/aromatic N) is 1. The number of aliphatic hydroxyl groups is 1. The summed E-state index contributed by atoms with van der Waals surface area (Å²) in [6, 6.07) is 30.8. The second-order valence-electron chi connectivity index (χ2n) is 12.5. The van der Waals surface area contributed by atoms with E-state index in [4.69, 9.17) is 9.47 Å². The number of benzene rings is 4. The zero-order valence-corrected chi connectivity index (χ0v) is 27.7. The average molecular weight is 638 g/mol. The molecule has 3 N–H and O–H groups in total. The van der Waals surface area contributed by atoms with Crippen LogP contribution >= 0.6 is 0 Å². The van der Waals surface area contributed by atoms with E-state index in [-0.39, 0.29) is 36.7 Å². The Bertz CT molecular complexity index is 1620. The zero-order chi connectivity index (χ0) is 33.2. The molecule has 2 amide bonds. The lowest BCUT2D eigenvalue weighted by Crippen LogP contribution is -2.38. The van der Waals surface area contributed by atoms with Gasteiger partial charge in [0.15, 0.2) is 6.29 Å². The molecule has 0 saturated carbocycles. The van der Waals surface area contributed by atoms with E-state index >= 15 is 0 Å². The second kappa shape index (κ2) is 16.7. The highest BCUT2D eigenvalue weighted by molar-refractivity contribution is 5.90. The van der Waals surface area contributed by atoms with Gasteiger partial charge in [-0.25, -0.2) is 0 Å². The molecule has 1 heterocycles. The van der Waals surface area contributed by atoms with Gasteiger partial charge < -0.3 is 25.2 Å². The lowest BCUT2D eigenvalue weighted by atomic mass is 9.98. The molecule has 0 radical (unpaired) electrons. The third kappa shape index (κ3) is 9.72. The largest absolute Gasteiger partial charge is 0.392 e. The van der Waals surface area contributed by atoms with Crippen LogP contribution in [-0.2, 0) is 25.7 Å². The van der Waals surface area contributed by atoms with E-state index in [0.717, 1.165) is 36.0 Å². The van der Waals surface area contributed by atoms with Crippen LogP contribution in [0.1, 0.15) is 86.6 Å². The smallest absolute Gasteiger partial charge is 0.224 e.